The second-order valence-corrected chi connectivity index (χ2v) is 7.05. The lowest BCUT2D eigenvalue weighted by molar-refractivity contribution is -0.872. The summed E-state index contributed by atoms with van der Waals surface area (Å²) in [4.78, 5) is 13.5. The first-order chi connectivity index (χ1) is 11.7. The molecule has 2 rings (SSSR count). The van der Waals surface area contributed by atoms with Gasteiger partial charge in [0.05, 0.1) is 14.1 Å². The molecule has 0 fully saturated rings. The smallest absolute Gasteiger partial charge is 0.348 e. The van der Waals surface area contributed by atoms with Crippen LogP contribution in [0.3, 0.4) is 0 Å². The molecule has 3 nitrogen and oxygen atoms in total. The third-order valence-electron chi connectivity index (χ3n) is 3.45. The minimum absolute atomic E-state index is 0.0587. The summed E-state index contributed by atoms with van der Waals surface area (Å²) in [6.07, 6.45) is 0. The molecule has 1 amide bonds. The second kappa shape index (κ2) is 8.40. The molecule has 0 aromatic heterocycles. The normalized spacial score (nSPS) is 11.6. The molecule has 0 aliphatic heterocycles. The number of quaternary nitrogens is 1. The van der Waals surface area contributed by atoms with Gasteiger partial charge in [0.1, 0.15) is 6.54 Å². The minimum Gasteiger partial charge on any atom is -0.348 e. The maximum atomic E-state index is 12.3. The van der Waals surface area contributed by atoms with Crippen LogP contribution in [0.5, 0.6) is 0 Å². The van der Waals surface area contributed by atoms with Gasteiger partial charge in [0.25, 0.3) is 5.91 Å². The van der Waals surface area contributed by atoms with Crippen molar-refractivity contribution in [1.82, 2.24) is 5.32 Å². The van der Waals surface area contributed by atoms with Crippen LogP contribution in [0.4, 0.5) is 13.2 Å². The summed E-state index contributed by atoms with van der Waals surface area (Å²) >= 11 is -0.195. The van der Waals surface area contributed by atoms with Gasteiger partial charge in [0, 0.05) is 22.6 Å². The summed E-state index contributed by atoms with van der Waals surface area (Å²) < 4.78 is 37.0. The molecule has 2 aromatic rings. The van der Waals surface area contributed by atoms with Crippen LogP contribution in [-0.4, -0.2) is 25.5 Å². The number of rotatable bonds is 6. The van der Waals surface area contributed by atoms with Crippen molar-refractivity contribution in [3.05, 3.63) is 65.2 Å². The lowest BCUT2D eigenvalue weighted by atomic mass is 10.1. The van der Waals surface area contributed by atoms with Crippen molar-refractivity contribution in [2.45, 2.75) is 23.5 Å². The summed E-state index contributed by atoms with van der Waals surface area (Å²) in [5.74, 6) is -0.310. The Labute approximate surface area is 149 Å². The largest absolute Gasteiger partial charge is 0.446 e. The molecule has 2 N–H and O–H groups in total. The molecule has 0 aliphatic carbocycles. The highest BCUT2D eigenvalue weighted by Crippen LogP contribution is 2.36. The Bertz CT molecular complexity index is 715. The average molecular weight is 369 g/mol. The molecule has 25 heavy (non-hydrogen) atoms. The van der Waals surface area contributed by atoms with E-state index in [1.54, 1.807) is 0 Å². The summed E-state index contributed by atoms with van der Waals surface area (Å²) in [6, 6.07) is 13.3. The maximum absolute atomic E-state index is 12.3. The van der Waals surface area contributed by atoms with E-state index in [-0.39, 0.29) is 22.6 Å². The summed E-state index contributed by atoms with van der Waals surface area (Å²) in [5, 5.41) is 2.82. The van der Waals surface area contributed by atoms with Gasteiger partial charge in [-0.25, -0.2) is 0 Å². The molecule has 0 atom stereocenters. The third kappa shape index (κ3) is 6.43. The number of hydrogen-bond donors (Lipinski definition) is 2. The third-order valence-corrected chi connectivity index (χ3v) is 4.19. The number of carbonyl (C=O) groups excluding carboxylic acids is 1. The van der Waals surface area contributed by atoms with Crippen molar-refractivity contribution >= 4 is 17.7 Å². The molecular weight excluding hydrogens is 349 g/mol. The lowest BCUT2D eigenvalue weighted by Gasteiger charge is -2.13. The van der Waals surface area contributed by atoms with E-state index in [4.69, 9.17) is 0 Å². The molecule has 0 radical (unpaired) electrons. The predicted molar refractivity (Wildman–Crippen MR) is 92.5 cm³/mol. The number of thioether (sulfide) groups is 1. The fourth-order valence-corrected chi connectivity index (χ4v) is 2.91. The molecule has 0 spiro atoms. The number of halogens is 3. The van der Waals surface area contributed by atoms with Crippen molar-refractivity contribution in [3.8, 4) is 0 Å². The zero-order valence-corrected chi connectivity index (χ0v) is 14.8. The topological polar surface area (TPSA) is 33.5 Å². The molecule has 0 saturated carbocycles. The average Bonchev–Trinajstić information content (AvgIpc) is 2.52. The van der Waals surface area contributed by atoms with Gasteiger partial charge in [-0.15, -0.1) is 0 Å². The summed E-state index contributed by atoms with van der Waals surface area (Å²) in [7, 11) is 4.10. The Morgan fingerprint density at radius 3 is 2.20 bits per heavy atom. The SMILES string of the molecule is C[NH+](C)Cc1ccccc1CNC(=O)c1ccc(SC(F)(F)F)cc1. The Morgan fingerprint density at radius 1 is 1.04 bits per heavy atom. The first-order valence-corrected chi connectivity index (χ1v) is 8.56. The monoisotopic (exact) mass is 369 g/mol. The van der Waals surface area contributed by atoms with Gasteiger partial charge in [0.15, 0.2) is 0 Å². The van der Waals surface area contributed by atoms with Crippen LogP contribution in [0.25, 0.3) is 0 Å². The van der Waals surface area contributed by atoms with Crippen LogP contribution >= 0.6 is 11.8 Å². The molecular formula is C18H20F3N2OS+. The van der Waals surface area contributed by atoms with Crippen LogP contribution in [0.1, 0.15) is 21.5 Å². The number of alkyl halides is 3. The number of amides is 1. The highest BCUT2D eigenvalue weighted by Gasteiger charge is 2.29. The van der Waals surface area contributed by atoms with Gasteiger partial charge in [0.2, 0.25) is 0 Å². The van der Waals surface area contributed by atoms with Gasteiger partial charge in [-0.2, -0.15) is 13.2 Å². The summed E-state index contributed by atoms with van der Waals surface area (Å²) in [6.45, 7) is 1.22. The van der Waals surface area contributed by atoms with Crippen molar-refractivity contribution in [2.75, 3.05) is 14.1 Å². The molecule has 134 valence electrons. The van der Waals surface area contributed by atoms with E-state index >= 15 is 0 Å². The van der Waals surface area contributed by atoms with Gasteiger partial charge < -0.3 is 10.2 Å². The number of hydrogen-bond acceptors (Lipinski definition) is 2. The van der Waals surface area contributed by atoms with Crippen molar-refractivity contribution in [3.63, 3.8) is 0 Å². The lowest BCUT2D eigenvalue weighted by Crippen LogP contribution is -3.04. The Balaban J connectivity index is 1.99. The Hall–Kier alpha value is -1.99. The molecule has 0 aliphatic rings. The van der Waals surface area contributed by atoms with E-state index in [0.717, 1.165) is 17.7 Å². The predicted octanol–water partition coefficient (Wildman–Crippen LogP) is 2.87. The maximum Gasteiger partial charge on any atom is 0.446 e. The molecule has 0 bridgehead atoms. The summed E-state index contributed by atoms with van der Waals surface area (Å²) in [5.41, 5.74) is -1.81. The van der Waals surface area contributed by atoms with Crippen molar-refractivity contribution in [2.24, 2.45) is 0 Å². The van der Waals surface area contributed by atoms with Gasteiger partial charge >= 0.3 is 5.51 Å². The molecule has 7 heteroatoms. The van der Waals surface area contributed by atoms with E-state index in [2.05, 4.69) is 19.4 Å². The van der Waals surface area contributed by atoms with E-state index in [1.165, 1.54) is 29.2 Å². The van der Waals surface area contributed by atoms with Gasteiger partial charge in [-0.05, 0) is 41.6 Å². The van der Waals surface area contributed by atoms with Crippen LogP contribution < -0.4 is 10.2 Å². The van der Waals surface area contributed by atoms with Crippen LogP contribution in [0, 0.1) is 0 Å². The highest BCUT2D eigenvalue weighted by atomic mass is 32.2. The van der Waals surface area contributed by atoms with Crippen LogP contribution in [0.2, 0.25) is 0 Å². The van der Waals surface area contributed by atoms with Gasteiger partial charge in [-0.3, -0.25) is 4.79 Å². The highest BCUT2D eigenvalue weighted by molar-refractivity contribution is 8.00. The molecule has 0 saturated heterocycles. The first kappa shape index (κ1) is 19.3. The zero-order valence-electron chi connectivity index (χ0n) is 14.0. The number of carbonyl (C=O) groups is 1. The van der Waals surface area contributed by atoms with Gasteiger partial charge in [-0.1, -0.05) is 24.3 Å². The quantitative estimate of drug-likeness (QED) is 0.768. The zero-order chi connectivity index (χ0) is 18.4. The van der Waals surface area contributed by atoms with Crippen LogP contribution in [0.15, 0.2) is 53.4 Å². The van der Waals surface area contributed by atoms with E-state index in [0.29, 0.717) is 12.1 Å². The van der Waals surface area contributed by atoms with E-state index in [1.807, 2.05) is 24.3 Å². The fraction of sp³-hybridized carbons (Fsp3) is 0.278. The molecule has 0 unspecified atom stereocenters. The van der Waals surface area contributed by atoms with Crippen molar-refractivity contribution in [1.29, 1.82) is 0 Å². The van der Waals surface area contributed by atoms with E-state index < -0.39 is 5.51 Å². The minimum atomic E-state index is -4.33. The Morgan fingerprint density at radius 2 is 1.64 bits per heavy atom. The fourth-order valence-electron chi connectivity index (χ4n) is 2.37. The molecule has 2 aromatic carbocycles. The number of nitrogens with one attached hydrogen (secondary N) is 2. The first-order valence-electron chi connectivity index (χ1n) is 7.74. The molecule has 0 heterocycles. The standard InChI is InChI=1S/C18H19F3N2OS/c1-23(2)12-15-6-4-3-5-14(15)11-22-17(24)13-7-9-16(10-8-13)25-18(19,20)21/h3-10H,11-12H2,1-2H3,(H,22,24)/p+1. The van der Waals surface area contributed by atoms with E-state index in [9.17, 15) is 18.0 Å². The Kier molecular flexibility index (Phi) is 6.50. The van der Waals surface area contributed by atoms with Crippen LogP contribution in [-0.2, 0) is 13.1 Å². The second-order valence-electron chi connectivity index (χ2n) is 5.91. The van der Waals surface area contributed by atoms with Crippen molar-refractivity contribution < 1.29 is 22.9 Å². The number of benzene rings is 2.